The highest BCUT2D eigenvalue weighted by atomic mass is 19.1. The van der Waals surface area contributed by atoms with Crippen molar-refractivity contribution < 1.29 is 13.9 Å². The summed E-state index contributed by atoms with van der Waals surface area (Å²) in [5.41, 5.74) is 10.7. The third-order valence-corrected chi connectivity index (χ3v) is 3.98. The number of primary amides is 1. The molecule has 1 aromatic heterocycles. The molecule has 1 unspecified atom stereocenters. The molecule has 6 nitrogen and oxygen atoms in total. The van der Waals surface area contributed by atoms with Gasteiger partial charge < -0.3 is 21.2 Å². The van der Waals surface area contributed by atoms with E-state index in [4.69, 9.17) is 10.5 Å². The van der Waals surface area contributed by atoms with Crippen molar-refractivity contribution in [2.24, 2.45) is 11.5 Å². The monoisotopic (exact) mass is 400 g/mol. The number of hydrogen-bond donors (Lipinski definition) is 3. The van der Waals surface area contributed by atoms with Gasteiger partial charge in [0.2, 0.25) is 5.91 Å². The Balaban J connectivity index is 0.000000989. The number of nitrogens with one attached hydrogen (secondary N) is 1. The molecule has 5 N–H and O–H groups in total. The molecular formula is C22H29FN4O2. The van der Waals surface area contributed by atoms with Crippen LogP contribution in [0.25, 0.3) is 0 Å². The molecular weight excluding hydrogens is 371 g/mol. The summed E-state index contributed by atoms with van der Waals surface area (Å²) in [6.07, 6.45) is 2.89. The van der Waals surface area contributed by atoms with Crippen molar-refractivity contribution in [3.63, 3.8) is 0 Å². The van der Waals surface area contributed by atoms with Crippen LogP contribution < -0.4 is 11.5 Å². The number of ether oxygens (including phenoxy) is 1. The van der Waals surface area contributed by atoms with Crippen molar-refractivity contribution >= 4 is 5.91 Å². The summed E-state index contributed by atoms with van der Waals surface area (Å²) in [5.74, 6) is -0.985. The van der Waals surface area contributed by atoms with E-state index in [1.165, 1.54) is 25.5 Å². The molecule has 0 aliphatic carbocycles. The van der Waals surface area contributed by atoms with Crippen molar-refractivity contribution in [2.45, 2.75) is 32.5 Å². The lowest BCUT2D eigenvalue weighted by Gasteiger charge is -2.32. The van der Waals surface area contributed by atoms with Crippen LogP contribution in [-0.4, -0.2) is 22.9 Å². The number of nitrogens with two attached hydrogens (primary N) is 2. The maximum Gasteiger partial charge on any atom is 0.221 e. The molecule has 3 rings (SSSR count). The number of carbonyl (C=O) groups is 1. The third kappa shape index (κ3) is 6.51. The van der Waals surface area contributed by atoms with Gasteiger partial charge in [0.1, 0.15) is 11.4 Å². The van der Waals surface area contributed by atoms with Crippen molar-refractivity contribution in [1.82, 2.24) is 9.97 Å². The third-order valence-electron chi connectivity index (χ3n) is 3.98. The lowest BCUT2D eigenvalue weighted by atomic mass is 9.86. The minimum Gasteiger partial charge on any atom is -0.370 e. The first-order valence-electron chi connectivity index (χ1n) is 9.39. The highest BCUT2D eigenvalue weighted by Crippen LogP contribution is 2.37. The van der Waals surface area contributed by atoms with Gasteiger partial charge in [0.15, 0.2) is 0 Å². The van der Waals surface area contributed by atoms with E-state index in [1.54, 1.807) is 18.3 Å². The fourth-order valence-corrected chi connectivity index (χ4v) is 2.81. The zero-order valence-corrected chi connectivity index (χ0v) is 17.1. The Kier molecular flexibility index (Phi) is 10.3. The second-order valence-electron chi connectivity index (χ2n) is 5.72. The molecule has 0 fully saturated rings. The quantitative estimate of drug-likeness (QED) is 0.564. The molecule has 0 aliphatic rings. The summed E-state index contributed by atoms with van der Waals surface area (Å²) in [6.45, 7) is 4.23. The van der Waals surface area contributed by atoms with Gasteiger partial charge in [0.05, 0.1) is 31.2 Å². The average molecular weight is 400 g/mol. The predicted molar refractivity (Wildman–Crippen MR) is 112 cm³/mol. The highest BCUT2D eigenvalue weighted by molar-refractivity contribution is 5.76. The van der Waals surface area contributed by atoms with Crippen LogP contribution in [0, 0.1) is 5.82 Å². The largest absolute Gasteiger partial charge is 0.370 e. The second-order valence-corrected chi connectivity index (χ2v) is 5.72. The predicted octanol–water partition coefficient (Wildman–Crippen LogP) is 3.49. The minimum atomic E-state index is -1.25. The molecule has 0 saturated heterocycles. The molecule has 0 radical (unpaired) electrons. The van der Waals surface area contributed by atoms with E-state index in [1.807, 2.05) is 44.2 Å². The van der Waals surface area contributed by atoms with E-state index < -0.39 is 17.3 Å². The first kappa shape index (κ1) is 24.0. The summed E-state index contributed by atoms with van der Waals surface area (Å²) < 4.78 is 20.0. The van der Waals surface area contributed by atoms with E-state index in [-0.39, 0.29) is 13.0 Å². The number of hydrogen-bond acceptors (Lipinski definition) is 4. The number of carbonyl (C=O) groups excluding carboxylic acids is 1. The van der Waals surface area contributed by atoms with Gasteiger partial charge in [0.25, 0.3) is 0 Å². The first-order chi connectivity index (χ1) is 14.1. The molecule has 156 valence electrons. The summed E-state index contributed by atoms with van der Waals surface area (Å²) in [4.78, 5) is 18.8. The fourth-order valence-electron chi connectivity index (χ4n) is 2.81. The maximum atomic E-state index is 13.8. The molecule has 2 aromatic carbocycles. The molecule has 1 amide bonds. The molecule has 0 spiro atoms. The lowest BCUT2D eigenvalue weighted by Crippen LogP contribution is -2.36. The number of rotatable bonds is 7. The highest BCUT2D eigenvalue weighted by Gasteiger charge is 2.39. The zero-order valence-electron chi connectivity index (χ0n) is 17.1. The molecule has 0 saturated carbocycles. The van der Waals surface area contributed by atoms with Crippen molar-refractivity contribution in [2.75, 3.05) is 7.05 Å². The number of aromatic amines is 1. The number of halogens is 1. The Morgan fingerprint density at radius 3 is 2.38 bits per heavy atom. The Hall–Kier alpha value is -3.03. The van der Waals surface area contributed by atoms with Gasteiger partial charge in [-0.1, -0.05) is 56.3 Å². The number of amides is 1. The number of H-pyrrole nitrogens is 1. The Morgan fingerprint density at radius 1 is 1.14 bits per heavy atom. The van der Waals surface area contributed by atoms with E-state index >= 15 is 0 Å². The topological polar surface area (TPSA) is 107 Å². The number of aromatic nitrogens is 2. The van der Waals surface area contributed by atoms with E-state index in [2.05, 4.69) is 15.7 Å². The van der Waals surface area contributed by atoms with Crippen LogP contribution in [0.5, 0.6) is 0 Å². The van der Waals surface area contributed by atoms with Crippen molar-refractivity contribution in [3.8, 4) is 0 Å². The zero-order chi connectivity index (χ0) is 21.7. The maximum absolute atomic E-state index is 13.8. The van der Waals surface area contributed by atoms with Crippen LogP contribution in [0.15, 0.2) is 67.1 Å². The van der Waals surface area contributed by atoms with Crippen LogP contribution in [0.3, 0.4) is 0 Å². The minimum absolute atomic E-state index is 0.147. The van der Waals surface area contributed by atoms with Crippen LogP contribution in [0.4, 0.5) is 4.39 Å². The van der Waals surface area contributed by atoms with Gasteiger partial charge in [-0.3, -0.25) is 4.79 Å². The molecule has 7 heteroatoms. The Labute approximate surface area is 171 Å². The molecule has 1 heterocycles. The molecule has 0 bridgehead atoms. The van der Waals surface area contributed by atoms with Crippen LogP contribution in [0.2, 0.25) is 0 Å². The standard InChI is InChI=1S/C19H18FN3O2.C2H6.CH5N/c20-16-8-4-7-15(9-16)19(10-18(21)24,17-11-22-13-23-17)25-12-14-5-2-1-3-6-14;2*1-2/h1-9,11,13H,10,12H2,(H2,21,24)(H,22,23);1-2H3;2H2,1H3. The van der Waals surface area contributed by atoms with Crippen LogP contribution >= 0.6 is 0 Å². The fraction of sp³-hybridized carbons (Fsp3) is 0.273. The van der Waals surface area contributed by atoms with E-state index in [9.17, 15) is 9.18 Å². The summed E-state index contributed by atoms with van der Waals surface area (Å²) in [5, 5.41) is 0. The number of benzene rings is 2. The van der Waals surface area contributed by atoms with Gasteiger partial charge in [-0.25, -0.2) is 9.37 Å². The molecule has 29 heavy (non-hydrogen) atoms. The Morgan fingerprint density at radius 2 is 1.83 bits per heavy atom. The number of imidazole rings is 1. The molecule has 1 atom stereocenters. The van der Waals surface area contributed by atoms with Gasteiger partial charge in [-0.2, -0.15) is 0 Å². The summed E-state index contributed by atoms with van der Waals surface area (Å²) >= 11 is 0. The number of nitrogens with zero attached hydrogens (tertiary/aromatic N) is 1. The lowest BCUT2D eigenvalue weighted by molar-refractivity contribution is -0.125. The van der Waals surface area contributed by atoms with E-state index in [0.29, 0.717) is 11.3 Å². The molecule has 0 aliphatic heterocycles. The average Bonchev–Trinajstić information content (AvgIpc) is 3.30. The Bertz CT molecular complexity index is 841. The van der Waals surface area contributed by atoms with Gasteiger partial charge in [0, 0.05) is 0 Å². The van der Waals surface area contributed by atoms with E-state index in [0.717, 1.165) is 5.56 Å². The van der Waals surface area contributed by atoms with Gasteiger partial charge in [-0.05, 0) is 30.3 Å². The first-order valence-corrected chi connectivity index (χ1v) is 9.39. The van der Waals surface area contributed by atoms with Crippen LogP contribution in [0.1, 0.15) is 37.1 Å². The SMILES string of the molecule is CC.CN.NC(=O)CC(OCc1ccccc1)(c1cccc(F)c1)c1cnc[nH]1. The van der Waals surface area contributed by atoms with Gasteiger partial charge in [-0.15, -0.1) is 0 Å². The van der Waals surface area contributed by atoms with Crippen molar-refractivity contribution in [3.05, 3.63) is 89.8 Å². The summed E-state index contributed by atoms with van der Waals surface area (Å²) in [6, 6.07) is 15.5. The van der Waals surface area contributed by atoms with Gasteiger partial charge >= 0.3 is 0 Å². The molecule has 3 aromatic rings. The summed E-state index contributed by atoms with van der Waals surface area (Å²) in [7, 11) is 1.50. The smallest absolute Gasteiger partial charge is 0.221 e. The second kappa shape index (κ2) is 12.4. The normalized spacial score (nSPS) is 11.9. The van der Waals surface area contributed by atoms with Crippen LogP contribution in [-0.2, 0) is 21.7 Å². The van der Waals surface area contributed by atoms with Crippen molar-refractivity contribution in [1.29, 1.82) is 0 Å².